The first-order chi connectivity index (χ1) is 15.1. The molecule has 11 heteroatoms. The summed E-state index contributed by atoms with van der Waals surface area (Å²) in [6.07, 6.45) is 1.37. The second-order valence-corrected chi connectivity index (χ2v) is 8.95. The van der Waals surface area contributed by atoms with Crippen LogP contribution >= 0.6 is 0 Å². The van der Waals surface area contributed by atoms with Crippen LogP contribution in [0.4, 0.5) is 11.4 Å². The third-order valence-corrected chi connectivity index (χ3v) is 5.75. The average molecular weight is 466 g/mol. The summed E-state index contributed by atoms with van der Waals surface area (Å²) in [5.41, 5.74) is 0.613. The highest BCUT2D eigenvalue weighted by molar-refractivity contribution is 7.92. The number of nitrogens with zero attached hydrogens (tertiary/aromatic N) is 2. The molecule has 0 spiro atoms. The number of ether oxygens (including phenoxy) is 2. The molecular formula is C21H27N3O7S. The molecule has 0 bridgehead atoms. The maximum Gasteiger partial charge on any atom is 0.271 e. The van der Waals surface area contributed by atoms with E-state index in [0.29, 0.717) is 17.1 Å². The summed E-state index contributed by atoms with van der Waals surface area (Å²) in [6.45, 7) is 2.25. The summed E-state index contributed by atoms with van der Waals surface area (Å²) in [7, 11) is -2.13. The lowest BCUT2D eigenvalue weighted by Crippen LogP contribution is -2.33. The number of nitro groups is 1. The highest BCUT2D eigenvalue weighted by Crippen LogP contribution is 2.27. The van der Waals surface area contributed by atoms with E-state index in [2.05, 4.69) is 5.32 Å². The zero-order valence-electron chi connectivity index (χ0n) is 18.2. The fraction of sp³-hybridized carbons (Fsp3) is 0.381. The molecule has 0 radical (unpaired) electrons. The Morgan fingerprint density at radius 1 is 1.19 bits per heavy atom. The summed E-state index contributed by atoms with van der Waals surface area (Å²) in [5.74, 6) is 1.04. The van der Waals surface area contributed by atoms with Crippen LogP contribution < -0.4 is 19.1 Å². The maximum absolute atomic E-state index is 12.3. The smallest absolute Gasteiger partial charge is 0.271 e. The Morgan fingerprint density at radius 2 is 1.91 bits per heavy atom. The van der Waals surface area contributed by atoms with Gasteiger partial charge in [-0.2, -0.15) is 0 Å². The fourth-order valence-corrected chi connectivity index (χ4v) is 3.98. The first-order valence-corrected chi connectivity index (χ1v) is 11.7. The van der Waals surface area contributed by atoms with Crippen LogP contribution in [0.15, 0.2) is 42.5 Å². The molecule has 0 saturated carbocycles. The van der Waals surface area contributed by atoms with E-state index in [4.69, 9.17) is 9.47 Å². The fourth-order valence-electron chi connectivity index (χ4n) is 2.97. The Morgan fingerprint density at radius 3 is 2.56 bits per heavy atom. The van der Waals surface area contributed by atoms with Gasteiger partial charge in [0.25, 0.3) is 5.69 Å². The number of nitro benzene ring substituents is 1. The number of anilines is 1. The van der Waals surface area contributed by atoms with Gasteiger partial charge < -0.3 is 14.8 Å². The minimum absolute atomic E-state index is 0.0224. The van der Waals surface area contributed by atoms with Crippen LogP contribution in [0.2, 0.25) is 0 Å². The molecule has 0 aliphatic rings. The van der Waals surface area contributed by atoms with E-state index in [1.165, 1.54) is 18.2 Å². The van der Waals surface area contributed by atoms with E-state index in [0.717, 1.165) is 10.6 Å². The van der Waals surface area contributed by atoms with Crippen molar-refractivity contribution < 1.29 is 27.6 Å². The molecule has 0 atom stereocenters. The van der Waals surface area contributed by atoms with Crippen molar-refractivity contribution in [1.29, 1.82) is 0 Å². The second-order valence-electron chi connectivity index (χ2n) is 7.04. The quantitative estimate of drug-likeness (QED) is 0.290. The monoisotopic (exact) mass is 465 g/mol. The predicted octanol–water partition coefficient (Wildman–Crippen LogP) is 2.65. The number of aryl methyl sites for hydroxylation is 1. The van der Waals surface area contributed by atoms with Crippen molar-refractivity contribution in [3.05, 3.63) is 58.1 Å². The third-order valence-electron chi connectivity index (χ3n) is 4.57. The molecule has 0 aromatic heterocycles. The van der Waals surface area contributed by atoms with Gasteiger partial charge in [-0.1, -0.05) is 12.1 Å². The Kier molecular flexibility index (Phi) is 8.82. The molecule has 1 N–H and O–H groups in total. The SMILES string of the molecule is COc1cccc(OCCNC(=O)CCCN(c2cc([N+](=O)[O-])ccc2C)S(C)(=O)=O)c1. The summed E-state index contributed by atoms with van der Waals surface area (Å²) in [5, 5.41) is 13.8. The van der Waals surface area contributed by atoms with Gasteiger partial charge in [0.2, 0.25) is 15.9 Å². The predicted molar refractivity (Wildman–Crippen MR) is 121 cm³/mol. The molecule has 0 aliphatic heterocycles. The molecular weight excluding hydrogens is 438 g/mol. The lowest BCUT2D eigenvalue weighted by molar-refractivity contribution is -0.384. The number of hydrogen-bond acceptors (Lipinski definition) is 7. The van der Waals surface area contributed by atoms with Gasteiger partial charge in [0, 0.05) is 31.2 Å². The molecule has 0 heterocycles. The number of non-ortho nitro benzene ring substituents is 1. The summed E-state index contributed by atoms with van der Waals surface area (Å²) in [4.78, 5) is 22.6. The molecule has 174 valence electrons. The lowest BCUT2D eigenvalue weighted by Gasteiger charge is -2.24. The Bertz CT molecular complexity index is 1060. The van der Waals surface area contributed by atoms with Crippen LogP contribution in [0.5, 0.6) is 11.5 Å². The van der Waals surface area contributed by atoms with Crippen molar-refractivity contribution in [1.82, 2.24) is 5.32 Å². The van der Waals surface area contributed by atoms with Crippen molar-refractivity contribution in [3.8, 4) is 11.5 Å². The van der Waals surface area contributed by atoms with Gasteiger partial charge in [-0.15, -0.1) is 0 Å². The van der Waals surface area contributed by atoms with E-state index in [1.54, 1.807) is 38.3 Å². The summed E-state index contributed by atoms with van der Waals surface area (Å²) < 4.78 is 36.3. The Labute approximate surface area is 187 Å². The molecule has 10 nitrogen and oxygen atoms in total. The molecule has 0 aliphatic carbocycles. The van der Waals surface area contributed by atoms with E-state index in [-0.39, 0.29) is 49.8 Å². The van der Waals surface area contributed by atoms with Crippen molar-refractivity contribution in [2.45, 2.75) is 19.8 Å². The molecule has 32 heavy (non-hydrogen) atoms. The Hall–Kier alpha value is -3.34. The van der Waals surface area contributed by atoms with Crippen molar-refractivity contribution >= 4 is 27.3 Å². The normalized spacial score (nSPS) is 11.0. The first kappa shape index (κ1) is 24.9. The standard InChI is InChI=1S/C21H27N3O7S/c1-16-9-10-17(24(26)27)14-20(16)23(32(3,28)29)12-5-8-21(25)22-11-13-31-19-7-4-6-18(15-19)30-2/h4,6-7,9-10,14-15H,5,8,11-13H2,1-3H3,(H,22,25). The number of benzene rings is 2. The molecule has 0 fully saturated rings. The van der Waals surface area contributed by atoms with E-state index >= 15 is 0 Å². The van der Waals surface area contributed by atoms with E-state index in [9.17, 15) is 23.3 Å². The largest absolute Gasteiger partial charge is 0.497 e. The number of carbonyl (C=O) groups excluding carboxylic acids is 1. The van der Waals surface area contributed by atoms with Gasteiger partial charge in [0.1, 0.15) is 18.1 Å². The number of sulfonamides is 1. The average Bonchev–Trinajstić information content (AvgIpc) is 2.74. The minimum Gasteiger partial charge on any atom is -0.497 e. The molecule has 0 saturated heterocycles. The van der Waals surface area contributed by atoms with Crippen molar-refractivity contribution in [2.24, 2.45) is 0 Å². The molecule has 2 aromatic carbocycles. The first-order valence-electron chi connectivity index (χ1n) is 9.88. The van der Waals surface area contributed by atoms with Crippen LogP contribution in [0, 0.1) is 17.0 Å². The third kappa shape index (κ3) is 7.41. The van der Waals surface area contributed by atoms with Crippen LogP contribution in [-0.2, 0) is 14.8 Å². The summed E-state index contributed by atoms with van der Waals surface area (Å²) in [6, 6.07) is 11.2. The van der Waals surface area contributed by atoms with Crippen LogP contribution in [0.25, 0.3) is 0 Å². The van der Waals surface area contributed by atoms with Gasteiger partial charge in [-0.25, -0.2) is 8.42 Å². The van der Waals surface area contributed by atoms with Gasteiger partial charge in [-0.3, -0.25) is 19.2 Å². The summed E-state index contributed by atoms with van der Waals surface area (Å²) >= 11 is 0. The number of carbonyl (C=O) groups is 1. The molecule has 1 amide bonds. The minimum atomic E-state index is -3.69. The second kappa shape index (κ2) is 11.3. The highest BCUT2D eigenvalue weighted by Gasteiger charge is 2.22. The van der Waals surface area contributed by atoms with Gasteiger partial charge >= 0.3 is 0 Å². The van der Waals surface area contributed by atoms with Crippen LogP contribution in [0.1, 0.15) is 18.4 Å². The molecule has 2 rings (SSSR count). The maximum atomic E-state index is 12.3. The van der Waals surface area contributed by atoms with Crippen molar-refractivity contribution in [3.63, 3.8) is 0 Å². The van der Waals surface area contributed by atoms with Crippen LogP contribution in [0.3, 0.4) is 0 Å². The van der Waals surface area contributed by atoms with E-state index < -0.39 is 14.9 Å². The zero-order chi connectivity index (χ0) is 23.7. The number of amides is 1. The lowest BCUT2D eigenvalue weighted by atomic mass is 10.1. The zero-order valence-corrected chi connectivity index (χ0v) is 19.1. The van der Waals surface area contributed by atoms with Gasteiger partial charge in [0.05, 0.1) is 30.5 Å². The molecule has 2 aromatic rings. The topological polar surface area (TPSA) is 128 Å². The number of hydrogen-bond donors (Lipinski definition) is 1. The highest BCUT2D eigenvalue weighted by atomic mass is 32.2. The van der Waals surface area contributed by atoms with Gasteiger partial charge in [-0.05, 0) is 31.0 Å². The van der Waals surface area contributed by atoms with E-state index in [1.807, 2.05) is 0 Å². The number of nitrogens with one attached hydrogen (secondary N) is 1. The van der Waals surface area contributed by atoms with Crippen molar-refractivity contribution in [2.75, 3.05) is 37.4 Å². The number of rotatable bonds is 12. The molecule has 0 unspecified atom stereocenters. The van der Waals surface area contributed by atoms with Crippen LogP contribution in [-0.4, -0.2) is 52.3 Å². The van der Waals surface area contributed by atoms with Gasteiger partial charge in [0.15, 0.2) is 0 Å². The Balaban J connectivity index is 1.86. The number of methoxy groups -OCH3 is 1.